The summed E-state index contributed by atoms with van der Waals surface area (Å²) in [7, 11) is 0. The van der Waals surface area contributed by atoms with Gasteiger partial charge in [-0.2, -0.15) is 0 Å². The molecule has 6 heteroatoms. The minimum atomic E-state index is 0.0579. The first-order valence-electron chi connectivity index (χ1n) is 8.93. The molecule has 0 saturated carbocycles. The average Bonchev–Trinajstić information content (AvgIpc) is 3.22. The van der Waals surface area contributed by atoms with Crippen molar-refractivity contribution in [2.75, 3.05) is 12.3 Å². The molecule has 0 aliphatic rings. The summed E-state index contributed by atoms with van der Waals surface area (Å²) in [5, 5.41) is 5.02. The van der Waals surface area contributed by atoms with Gasteiger partial charge in [-0.25, -0.2) is 4.98 Å². The van der Waals surface area contributed by atoms with Crippen LogP contribution in [0.25, 0.3) is 10.8 Å². The van der Waals surface area contributed by atoms with E-state index >= 15 is 0 Å². The van der Waals surface area contributed by atoms with Crippen molar-refractivity contribution in [3.8, 4) is 10.8 Å². The number of nitrogens with one attached hydrogen (secondary N) is 1. The largest absolute Gasteiger partial charge is 0.440 e. The highest BCUT2D eigenvalue weighted by atomic mass is 32.2. The second kappa shape index (κ2) is 9.24. The molecule has 0 atom stereocenters. The fraction of sp³-hybridized carbons (Fsp3) is 0.333. The number of oxazole rings is 1. The molecule has 0 bridgehead atoms. The first-order valence-corrected chi connectivity index (χ1v) is 11.0. The van der Waals surface area contributed by atoms with Crippen LogP contribution in [0.2, 0.25) is 0 Å². The number of hydrogen-bond donors (Lipinski definition) is 1. The summed E-state index contributed by atoms with van der Waals surface area (Å²) in [6.45, 7) is 6.72. The molecule has 2 heterocycles. The standard InChI is InChI=1S/C21H24N2O2S2/c1-14-4-6-17(7-5-14)8-10-22-19(24)13-26-12-18-16(3)25-21(23-18)20-15(2)9-11-27-20/h4-7,9,11H,8,10,12-13H2,1-3H3,(H,22,24). The van der Waals surface area contributed by atoms with E-state index in [2.05, 4.69) is 54.5 Å². The van der Waals surface area contributed by atoms with Crippen molar-refractivity contribution in [2.45, 2.75) is 32.9 Å². The SMILES string of the molecule is Cc1ccc(CCNC(=O)CSCc2nc(-c3sccc3C)oc2C)cc1. The van der Waals surface area contributed by atoms with Gasteiger partial charge >= 0.3 is 0 Å². The van der Waals surface area contributed by atoms with E-state index in [-0.39, 0.29) is 5.91 Å². The minimum Gasteiger partial charge on any atom is -0.440 e. The zero-order valence-electron chi connectivity index (χ0n) is 15.9. The molecule has 1 amide bonds. The predicted octanol–water partition coefficient (Wildman–Crippen LogP) is 4.92. The van der Waals surface area contributed by atoms with E-state index in [1.807, 2.05) is 12.3 Å². The van der Waals surface area contributed by atoms with E-state index in [0.29, 0.717) is 23.9 Å². The smallest absolute Gasteiger partial charge is 0.237 e. The van der Waals surface area contributed by atoms with Crippen LogP contribution in [0.5, 0.6) is 0 Å². The Kier molecular flexibility index (Phi) is 6.74. The van der Waals surface area contributed by atoms with Crippen molar-refractivity contribution in [3.05, 3.63) is 63.9 Å². The Bertz CT molecular complexity index is 897. The van der Waals surface area contributed by atoms with Crippen LogP contribution in [0.15, 0.2) is 40.1 Å². The van der Waals surface area contributed by atoms with Crippen LogP contribution >= 0.6 is 23.1 Å². The van der Waals surface area contributed by atoms with Gasteiger partial charge < -0.3 is 9.73 Å². The molecule has 3 aromatic rings. The lowest BCUT2D eigenvalue weighted by atomic mass is 10.1. The number of nitrogens with zero attached hydrogens (tertiary/aromatic N) is 1. The van der Waals surface area contributed by atoms with Crippen molar-refractivity contribution >= 4 is 29.0 Å². The van der Waals surface area contributed by atoms with E-state index in [9.17, 15) is 4.79 Å². The van der Waals surface area contributed by atoms with Gasteiger partial charge in [-0.1, -0.05) is 29.8 Å². The molecule has 0 unspecified atom stereocenters. The second-order valence-electron chi connectivity index (χ2n) is 6.53. The number of rotatable bonds is 8. The van der Waals surface area contributed by atoms with Gasteiger partial charge in [-0.05, 0) is 49.8 Å². The number of aromatic nitrogens is 1. The highest BCUT2D eigenvalue weighted by Gasteiger charge is 2.14. The van der Waals surface area contributed by atoms with E-state index in [4.69, 9.17) is 4.42 Å². The maximum atomic E-state index is 12.0. The Morgan fingerprint density at radius 2 is 1.96 bits per heavy atom. The second-order valence-corrected chi connectivity index (χ2v) is 8.43. The zero-order chi connectivity index (χ0) is 19.2. The Labute approximate surface area is 168 Å². The molecule has 0 aliphatic heterocycles. The molecule has 0 aliphatic carbocycles. The minimum absolute atomic E-state index is 0.0579. The van der Waals surface area contributed by atoms with Gasteiger partial charge in [0.2, 0.25) is 11.8 Å². The first-order chi connectivity index (χ1) is 13.0. The lowest BCUT2D eigenvalue weighted by Gasteiger charge is -2.05. The molecule has 0 saturated heterocycles. The highest BCUT2D eigenvalue weighted by molar-refractivity contribution is 7.99. The van der Waals surface area contributed by atoms with Crippen LogP contribution in [-0.2, 0) is 17.0 Å². The quantitative estimate of drug-likeness (QED) is 0.583. The van der Waals surface area contributed by atoms with Crippen LogP contribution < -0.4 is 5.32 Å². The van der Waals surface area contributed by atoms with Gasteiger partial charge in [0.05, 0.1) is 16.3 Å². The zero-order valence-corrected chi connectivity index (χ0v) is 17.5. The summed E-state index contributed by atoms with van der Waals surface area (Å²) in [6, 6.07) is 10.5. The average molecular weight is 401 g/mol. The number of thiophene rings is 1. The number of carbonyl (C=O) groups excluding carboxylic acids is 1. The van der Waals surface area contributed by atoms with Crippen molar-refractivity contribution < 1.29 is 9.21 Å². The lowest BCUT2D eigenvalue weighted by molar-refractivity contribution is -0.118. The number of aryl methyl sites for hydroxylation is 3. The third kappa shape index (κ3) is 5.47. The molecule has 4 nitrogen and oxygen atoms in total. The number of thioether (sulfide) groups is 1. The van der Waals surface area contributed by atoms with Crippen molar-refractivity contribution in [1.82, 2.24) is 10.3 Å². The highest BCUT2D eigenvalue weighted by Crippen LogP contribution is 2.30. The summed E-state index contributed by atoms with van der Waals surface area (Å²) < 4.78 is 5.81. The van der Waals surface area contributed by atoms with Crippen molar-refractivity contribution in [2.24, 2.45) is 0 Å². The van der Waals surface area contributed by atoms with E-state index in [1.54, 1.807) is 23.1 Å². The van der Waals surface area contributed by atoms with Crippen LogP contribution in [-0.4, -0.2) is 23.2 Å². The Morgan fingerprint density at radius 1 is 1.19 bits per heavy atom. The molecule has 142 valence electrons. The predicted molar refractivity (Wildman–Crippen MR) is 113 cm³/mol. The Balaban J connectivity index is 1.41. The molecule has 2 aromatic heterocycles. The molecule has 0 spiro atoms. The first kappa shape index (κ1) is 19.7. The molecule has 0 radical (unpaired) electrons. The number of carbonyl (C=O) groups is 1. The van der Waals surface area contributed by atoms with Gasteiger partial charge in [0.1, 0.15) is 5.76 Å². The third-order valence-corrected chi connectivity index (χ3v) is 6.23. The van der Waals surface area contributed by atoms with Crippen molar-refractivity contribution in [1.29, 1.82) is 0 Å². The molecular formula is C21H24N2O2S2. The van der Waals surface area contributed by atoms with Gasteiger partial charge in [-0.15, -0.1) is 23.1 Å². The fourth-order valence-electron chi connectivity index (χ4n) is 2.64. The van der Waals surface area contributed by atoms with Crippen LogP contribution in [0, 0.1) is 20.8 Å². The molecule has 1 aromatic carbocycles. The van der Waals surface area contributed by atoms with E-state index < -0.39 is 0 Å². The summed E-state index contributed by atoms with van der Waals surface area (Å²) in [6.07, 6.45) is 0.850. The topological polar surface area (TPSA) is 55.1 Å². The Morgan fingerprint density at radius 3 is 2.67 bits per heavy atom. The van der Waals surface area contributed by atoms with Gasteiger partial charge in [0, 0.05) is 12.3 Å². The fourth-order valence-corrected chi connectivity index (χ4v) is 4.34. The summed E-state index contributed by atoms with van der Waals surface area (Å²) >= 11 is 3.19. The summed E-state index contributed by atoms with van der Waals surface area (Å²) in [4.78, 5) is 17.7. The summed E-state index contributed by atoms with van der Waals surface area (Å²) in [5.74, 6) is 2.66. The van der Waals surface area contributed by atoms with Crippen molar-refractivity contribution in [3.63, 3.8) is 0 Å². The van der Waals surface area contributed by atoms with Gasteiger partial charge in [0.25, 0.3) is 0 Å². The van der Waals surface area contributed by atoms with Gasteiger partial charge in [-0.3, -0.25) is 4.79 Å². The maximum absolute atomic E-state index is 12.0. The van der Waals surface area contributed by atoms with E-state index in [1.165, 1.54) is 16.7 Å². The third-order valence-electron chi connectivity index (χ3n) is 4.28. The lowest BCUT2D eigenvalue weighted by Crippen LogP contribution is -2.27. The number of hydrogen-bond acceptors (Lipinski definition) is 5. The molecule has 1 N–H and O–H groups in total. The van der Waals surface area contributed by atoms with Crippen LogP contribution in [0.4, 0.5) is 0 Å². The molecular weight excluding hydrogens is 376 g/mol. The summed E-state index contributed by atoms with van der Waals surface area (Å²) in [5.41, 5.74) is 4.58. The molecule has 27 heavy (non-hydrogen) atoms. The monoisotopic (exact) mass is 400 g/mol. The molecule has 3 rings (SSSR count). The van der Waals surface area contributed by atoms with Crippen LogP contribution in [0.1, 0.15) is 28.1 Å². The number of amides is 1. The number of benzene rings is 1. The van der Waals surface area contributed by atoms with E-state index in [0.717, 1.165) is 22.8 Å². The normalized spacial score (nSPS) is 10.9. The Hall–Kier alpha value is -2.05. The van der Waals surface area contributed by atoms with Gasteiger partial charge in [0.15, 0.2) is 0 Å². The molecule has 0 fully saturated rings. The van der Waals surface area contributed by atoms with Crippen LogP contribution in [0.3, 0.4) is 0 Å². The maximum Gasteiger partial charge on any atom is 0.237 e.